The number of ether oxygens (including phenoxy) is 1. The molecular formula is C21H37IN4O. The Morgan fingerprint density at radius 1 is 1.22 bits per heavy atom. The van der Waals surface area contributed by atoms with Gasteiger partial charge in [-0.1, -0.05) is 19.1 Å². The molecule has 0 aromatic heterocycles. The zero-order valence-electron chi connectivity index (χ0n) is 17.4. The average Bonchev–Trinajstić information content (AvgIpc) is 2.66. The van der Waals surface area contributed by atoms with E-state index in [0.29, 0.717) is 6.54 Å². The normalized spacial score (nSPS) is 15.9. The molecule has 1 heterocycles. The summed E-state index contributed by atoms with van der Waals surface area (Å²) in [7, 11) is 3.53. The average molecular weight is 488 g/mol. The molecular weight excluding hydrogens is 451 g/mol. The first-order valence-corrected chi connectivity index (χ1v) is 9.92. The van der Waals surface area contributed by atoms with Crippen LogP contribution in [0.5, 0.6) is 5.75 Å². The zero-order valence-corrected chi connectivity index (χ0v) is 19.7. The summed E-state index contributed by atoms with van der Waals surface area (Å²) in [6.45, 7) is 9.87. The quantitative estimate of drug-likeness (QED) is 0.253. The second-order valence-electron chi connectivity index (χ2n) is 7.40. The Balaban J connectivity index is 0.00000364. The minimum absolute atomic E-state index is 0. The van der Waals surface area contributed by atoms with Crippen LogP contribution in [0.4, 0.5) is 0 Å². The van der Waals surface area contributed by atoms with Gasteiger partial charge < -0.3 is 20.3 Å². The summed E-state index contributed by atoms with van der Waals surface area (Å²) in [5, 5.41) is 6.79. The summed E-state index contributed by atoms with van der Waals surface area (Å²) in [5.41, 5.74) is 2.34. The van der Waals surface area contributed by atoms with Crippen LogP contribution in [-0.2, 0) is 6.54 Å². The van der Waals surface area contributed by atoms with E-state index in [1.807, 2.05) is 7.05 Å². The molecule has 1 saturated heterocycles. The predicted molar refractivity (Wildman–Crippen MR) is 125 cm³/mol. The predicted octanol–water partition coefficient (Wildman–Crippen LogP) is 3.80. The minimum atomic E-state index is 0. The van der Waals surface area contributed by atoms with Crippen LogP contribution in [0.1, 0.15) is 43.7 Å². The van der Waals surface area contributed by atoms with Crippen molar-refractivity contribution in [1.82, 2.24) is 15.5 Å². The maximum atomic E-state index is 5.46. The van der Waals surface area contributed by atoms with Gasteiger partial charge in [-0.2, -0.15) is 0 Å². The number of rotatable bonds is 8. The van der Waals surface area contributed by atoms with Gasteiger partial charge in [-0.3, -0.25) is 4.99 Å². The van der Waals surface area contributed by atoms with Gasteiger partial charge in [0.1, 0.15) is 5.75 Å². The van der Waals surface area contributed by atoms with Crippen molar-refractivity contribution in [3.05, 3.63) is 29.3 Å². The van der Waals surface area contributed by atoms with E-state index in [1.165, 1.54) is 50.9 Å². The number of hydrogen-bond donors (Lipinski definition) is 2. The monoisotopic (exact) mass is 488 g/mol. The molecule has 2 N–H and O–H groups in total. The first-order valence-electron chi connectivity index (χ1n) is 9.92. The van der Waals surface area contributed by atoms with Gasteiger partial charge in [0, 0.05) is 25.7 Å². The zero-order chi connectivity index (χ0) is 18.8. The largest absolute Gasteiger partial charge is 0.496 e. The number of halogens is 1. The Labute approximate surface area is 182 Å². The van der Waals surface area contributed by atoms with Crippen LogP contribution in [0.15, 0.2) is 23.2 Å². The molecule has 5 nitrogen and oxygen atoms in total. The van der Waals surface area contributed by atoms with Crippen LogP contribution < -0.4 is 15.4 Å². The topological polar surface area (TPSA) is 48.9 Å². The lowest BCUT2D eigenvalue weighted by molar-refractivity contribution is 0.189. The van der Waals surface area contributed by atoms with Crippen molar-refractivity contribution in [3.8, 4) is 5.75 Å². The van der Waals surface area contributed by atoms with E-state index in [2.05, 4.69) is 52.6 Å². The Hall–Kier alpha value is -1.02. The maximum Gasteiger partial charge on any atom is 0.191 e. The van der Waals surface area contributed by atoms with Gasteiger partial charge in [0.2, 0.25) is 0 Å². The molecule has 0 spiro atoms. The lowest BCUT2D eigenvalue weighted by atomic mass is 9.99. The molecule has 1 aliphatic rings. The highest BCUT2D eigenvalue weighted by Crippen LogP contribution is 2.19. The Kier molecular flexibility index (Phi) is 11.7. The highest BCUT2D eigenvalue weighted by Gasteiger charge is 2.14. The first kappa shape index (κ1) is 24.0. The fraction of sp³-hybridized carbons (Fsp3) is 0.667. The van der Waals surface area contributed by atoms with E-state index in [4.69, 9.17) is 4.74 Å². The number of aryl methyl sites for hydroxylation is 1. The highest BCUT2D eigenvalue weighted by molar-refractivity contribution is 14.0. The molecule has 2 rings (SSSR count). The van der Waals surface area contributed by atoms with Gasteiger partial charge in [0.15, 0.2) is 5.96 Å². The lowest BCUT2D eigenvalue weighted by Crippen LogP contribution is -2.38. The van der Waals surface area contributed by atoms with E-state index in [1.54, 1.807) is 7.11 Å². The molecule has 0 amide bonds. The van der Waals surface area contributed by atoms with Gasteiger partial charge in [-0.25, -0.2) is 0 Å². The van der Waals surface area contributed by atoms with Gasteiger partial charge in [0.05, 0.1) is 7.11 Å². The molecule has 1 aliphatic heterocycles. The third-order valence-corrected chi connectivity index (χ3v) is 5.18. The van der Waals surface area contributed by atoms with Crippen molar-refractivity contribution in [1.29, 1.82) is 0 Å². The van der Waals surface area contributed by atoms with Crippen molar-refractivity contribution in [3.63, 3.8) is 0 Å². The second-order valence-corrected chi connectivity index (χ2v) is 7.40. The molecule has 0 saturated carbocycles. The molecule has 0 radical (unpaired) electrons. The summed E-state index contributed by atoms with van der Waals surface area (Å²) in [6, 6.07) is 6.28. The van der Waals surface area contributed by atoms with E-state index >= 15 is 0 Å². The fourth-order valence-corrected chi connectivity index (χ4v) is 3.35. The standard InChI is InChI=1S/C21H36N4O.HI/c1-17-9-13-25(14-10-17)12-6-5-11-23-21(22-3)24-16-19-8-7-18(2)15-20(19)26-4;/h7-8,15,17H,5-6,9-14,16H2,1-4H3,(H2,22,23,24);1H. The number of hydrogen-bond acceptors (Lipinski definition) is 3. The molecule has 27 heavy (non-hydrogen) atoms. The number of guanidine groups is 1. The van der Waals surface area contributed by atoms with Crippen LogP contribution in [0.25, 0.3) is 0 Å². The third-order valence-electron chi connectivity index (χ3n) is 5.18. The van der Waals surface area contributed by atoms with Gasteiger partial charge >= 0.3 is 0 Å². The van der Waals surface area contributed by atoms with Gasteiger partial charge in [-0.05, 0) is 69.8 Å². The number of aliphatic imine (C=N–C) groups is 1. The highest BCUT2D eigenvalue weighted by atomic mass is 127. The molecule has 0 bridgehead atoms. The molecule has 1 fully saturated rings. The van der Waals surface area contributed by atoms with Crippen LogP contribution in [-0.4, -0.2) is 51.2 Å². The fourth-order valence-electron chi connectivity index (χ4n) is 3.35. The van der Waals surface area contributed by atoms with Gasteiger partial charge in [-0.15, -0.1) is 24.0 Å². The number of nitrogens with zero attached hydrogens (tertiary/aromatic N) is 2. The molecule has 1 aromatic carbocycles. The summed E-state index contributed by atoms with van der Waals surface area (Å²) in [4.78, 5) is 6.92. The number of unbranched alkanes of at least 4 members (excludes halogenated alkanes) is 1. The summed E-state index contributed by atoms with van der Waals surface area (Å²) in [6.07, 6.45) is 5.12. The Bertz CT molecular complexity index is 571. The summed E-state index contributed by atoms with van der Waals surface area (Å²) >= 11 is 0. The summed E-state index contributed by atoms with van der Waals surface area (Å²) in [5.74, 6) is 2.68. The van der Waals surface area contributed by atoms with Crippen molar-refractivity contribution in [2.45, 2.75) is 46.1 Å². The molecule has 0 atom stereocenters. The van der Waals surface area contributed by atoms with E-state index in [0.717, 1.165) is 29.7 Å². The van der Waals surface area contributed by atoms with Gasteiger partial charge in [0.25, 0.3) is 0 Å². The van der Waals surface area contributed by atoms with E-state index in [-0.39, 0.29) is 24.0 Å². The first-order chi connectivity index (χ1) is 12.6. The maximum absolute atomic E-state index is 5.46. The van der Waals surface area contributed by atoms with Crippen molar-refractivity contribution in [2.24, 2.45) is 10.9 Å². The van der Waals surface area contributed by atoms with Crippen LogP contribution >= 0.6 is 24.0 Å². The number of methoxy groups -OCH3 is 1. The summed E-state index contributed by atoms with van der Waals surface area (Å²) < 4.78 is 5.46. The molecule has 0 aliphatic carbocycles. The smallest absolute Gasteiger partial charge is 0.191 e. The van der Waals surface area contributed by atoms with Crippen LogP contribution in [0.3, 0.4) is 0 Å². The molecule has 6 heteroatoms. The second kappa shape index (κ2) is 13.2. The third kappa shape index (κ3) is 8.68. The Morgan fingerprint density at radius 2 is 1.96 bits per heavy atom. The van der Waals surface area contributed by atoms with E-state index in [9.17, 15) is 0 Å². The SMILES string of the molecule is CN=C(NCCCCN1CCC(C)CC1)NCc1ccc(C)cc1OC.I. The lowest BCUT2D eigenvalue weighted by Gasteiger charge is -2.30. The number of piperidine rings is 1. The Morgan fingerprint density at radius 3 is 2.63 bits per heavy atom. The molecule has 0 unspecified atom stereocenters. The van der Waals surface area contributed by atoms with E-state index < -0.39 is 0 Å². The van der Waals surface area contributed by atoms with Crippen molar-refractivity contribution in [2.75, 3.05) is 40.3 Å². The van der Waals surface area contributed by atoms with Crippen molar-refractivity contribution < 1.29 is 4.74 Å². The minimum Gasteiger partial charge on any atom is -0.496 e. The molecule has 154 valence electrons. The molecule has 1 aromatic rings. The van der Waals surface area contributed by atoms with Crippen molar-refractivity contribution >= 4 is 29.9 Å². The number of likely N-dealkylation sites (tertiary alicyclic amines) is 1. The number of benzene rings is 1. The van der Waals surface area contributed by atoms with Crippen LogP contribution in [0, 0.1) is 12.8 Å². The number of nitrogens with one attached hydrogen (secondary N) is 2. The van der Waals surface area contributed by atoms with Crippen LogP contribution in [0.2, 0.25) is 0 Å².